The molecule has 0 amide bonds. The molecule has 0 fully saturated rings. The lowest BCUT2D eigenvalue weighted by Crippen LogP contribution is -2.15. The Hall–Kier alpha value is -0.890. The quantitative estimate of drug-likeness (QED) is 0.443. The van der Waals surface area contributed by atoms with E-state index >= 15 is 0 Å². The molecule has 1 aromatic rings. The number of aliphatic hydroxyl groups is 1. The van der Waals surface area contributed by atoms with E-state index in [4.69, 9.17) is 5.11 Å². The highest BCUT2D eigenvalue weighted by molar-refractivity contribution is 14.1. The van der Waals surface area contributed by atoms with Crippen LogP contribution < -0.4 is 5.32 Å². The second-order valence-electron chi connectivity index (χ2n) is 4.09. The van der Waals surface area contributed by atoms with Gasteiger partial charge in [-0.1, -0.05) is 13.3 Å². The second kappa shape index (κ2) is 7.52. The highest BCUT2D eigenvalue weighted by Gasteiger charge is 2.10. The standard InChI is InChI=1S/C12H17IN2O3/c1-2-9(5-6-16)8-14-12-4-3-10(15(17)18)7-11(12)13/h3-4,7,9,14,16H,2,5-6,8H2,1H3. The van der Waals surface area contributed by atoms with Gasteiger partial charge in [0.05, 0.1) is 4.92 Å². The fourth-order valence-corrected chi connectivity index (χ4v) is 2.34. The maximum absolute atomic E-state index is 10.6. The van der Waals surface area contributed by atoms with Crippen LogP contribution in [-0.4, -0.2) is 23.2 Å². The Kier molecular flexibility index (Phi) is 6.34. The van der Waals surface area contributed by atoms with E-state index in [1.807, 2.05) is 0 Å². The van der Waals surface area contributed by atoms with Crippen molar-refractivity contribution in [1.29, 1.82) is 0 Å². The van der Waals surface area contributed by atoms with E-state index in [-0.39, 0.29) is 12.3 Å². The molecule has 0 radical (unpaired) electrons. The van der Waals surface area contributed by atoms with Gasteiger partial charge in [-0.25, -0.2) is 0 Å². The van der Waals surface area contributed by atoms with Gasteiger partial charge in [0, 0.05) is 34.5 Å². The minimum absolute atomic E-state index is 0.104. The zero-order chi connectivity index (χ0) is 13.5. The largest absolute Gasteiger partial charge is 0.396 e. The number of benzene rings is 1. The molecule has 6 heteroatoms. The molecule has 5 nitrogen and oxygen atoms in total. The smallest absolute Gasteiger partial charge is 0.270 e. The minimum Gasteiger partial charge on any atom is -0.396 e. The molecule has 0 saturated carbocycles. The molecule has 0 aliphatic rings. The number of non-ortho nitro benzene ring substituents is 1. The number of nitro benzene ring substituents is 1. The Morgan fingerprint density at radius 2 is 2.28 bits per heavy atom. The van der Waals surface area contributed by atoms with Gasteiger partial charge in [0.25, 0.3) is 5.69 Å². The Labute approximate surface area is 120 Å². The highest BCUT2D eigenvalue weighted by Crippen LogP contribution is 2.24. The number of aliphatic hydroxyl groups excluding tert-OH is 1. The summed E-state index contributed by atoms with van der Waals surface area (Å²) in [7, 11) is 0. The van der Waals surface area contributed by atoms with E-state index < -0.39 is 4.92 Å². The molecular weight excluding hydrogens is 347 g/mol. The topological polar surface area (TPSA) is 75.4 Å². The van der Waals surface area contributed by atoms with Crippen molar-refractivity contribution in [1.82, 2.24) is 0 Å². The van der Waals surface area contributed by atoms with Gasteiger partial charge in [-0.2, -0.15) is 0 Å². The summed E-state index contributed by atoms with van der Waals surface area (Å²) < 4.78 is 0.834. The van der Waals surface area contributed by atoms with Crippen molar-refractivity contribution >= 4 is 34.0 Å². The van der Waals surface area contributed by atoms with Gasteiger partial charge >= 0.3 is 0 Å². The van der Waals surface area contributed by atoms with Crippen LogP contribution in [0, 0.1) is 19.6 Å². The summed E-state index contributed by atoms with van der Waals surface area (Å²) >= 11 is 2.08. The lowest BCUT2D eigenvalue weighted by Gasteiger charge is -2.16. The Bertz CT molecular complexity index is 412. The van der Waals surface area contributed by atoms with Gasteiger partial charge in [-0.15, -0.1) is 0 Å². The van der Waals surface area contributed by atoms with Crippen molar-refractivity contribution in [3.63, 3.8) is 0 Å². The van der Waals surface area contributed by atoms with Crippen LogP contribution in [0.3, 0.4) is 0 Å². The fraction of sp³-hybridized carbons (Fsp3) is 0.500. The molecule has 0 bridgehead atoms. The molecule has 0 aliphatic carbocycles. The molecule has 100 valence electrons. The molecular formula is C12H17IN2O3. The first-order valence-electron chi connectivity index (χ1n) is 5.87. The summed E-state index contributed by atoms with van der Waals surface area (Å²) in [6.07, 6.45) is 1.77. The van der Waals surface area contributed by atoms with Crippen molar-refractivity contribution in [2.75, 3.05) is 18.5 Å². The maximum Gasteiger partial charge on any atom is 0.270 e. The number of anilines is 1. The van der Waals surface area contributed by atoms with Crippen molar-refractivity contribution in [2.45, 2.75) is 19.8 Å². The molecule has 1 rings (SSSR count). The van der Waals surface area contributed by atoms with Gasteiger partial charge in [0.1, 0.15) is 0 Å². The zero-order valence-electron chi connectivity index (χ0n) is 10.2. The van der Waals surface area contributed by atoms with Crippen molar-refractivity contribution < 1.29 is 10.0 Å². The average molecular weight is 364 g/mol. The van der Waals surface area contributed by atoms with Crippen LogP contribution in [0.4, 0.5) is 11.4 Å². The molecule has 0 spiro atoms. The molecule has 2 N–H and O–H groups in total. The Balaban J connectivity index is 2.65. The zero-order valence-corrected chi connectivity index (χ0v) is 12.4. The number of hydrogen-bond donors (Lipinski definition) is 2. The van der Waals surface area contributed by atoms with Crippen molar-refractivity contribution in [2.24, 2.45) is 5.92 Å². The number of rotatable bonds is 7. The lowest BCUT2D eigenvalue weighted by molar-refractivity contribution is -0.384. The predicted octanol–water partition coefficient (Wildman–Crippen LogP) is 3.02. The van der Waals surface area contributed by atoms with Crippen LogP contribution in [0.2, 0.25) is 0 Å². The van der Waals surface area contributed by atoms with Crippen LogP contribution in [0.25, 0.3) is 0 Å². The first kappa shape index (κ1) is 15.2. The summed E-state index contributed by atoms with van der Waals surface area (Å²) in [5.74, 6) is 0.418. The number of nitrogens with zero attached hydrogens (tertiary/aromatic N) is 1. The van der Waals surface area contributed by atoms with Gasteiger partial charge < -0.3 is 10.4 Å². The number of hydrogen-bond acceptors (Lipinski definition) is 4. The van der Waals surface area contributed by atoms with Gasteiger partial charge in [-0.05, 0) is 41.0 Å². The summed E-state index contributed by atoms with van der Waals surface area (Å²) in [5, 5.41) is 22.8. The monoisotopic (exact) mass is 364 g/mol. The summed E-state index contributed by atoms with van der Waals surface area (Å²) in [5.41, 5.74) is 1.00. The molecule has 0 aliphatic heterocycles. The maximum atomic E-state index is 10.6. The van der Waals surface area contributed by atoms with E-state index in [0.717, 1.165) is 28.6 Å². The third-order valence-corrected chi connectivity index (χ3v) is 3.75. The van der Waals surface area contributed by atoms with E-state index in [1.54, 1.807) is 12.1 Å². The normalized spacial score (nSPS) is 12.2. The van der Waals surface area contributed by atoms with Crippen LogP contribution in [-0.2, 0) is 0 Å². The summed E-state index contributed by atoms with van der Waals surface area (Å²) in [6.45, 7) is 3.05. The van der Waals surface area contributed by atoms with Crippen LogP contribution >= 0.6 is 22.6 Å². The molecule has 0 aromatic heterocycles. The third kappa shape index (κ3) is 4.41. The molecule has 0 saturated heterocycles. The van der Waals surface area contributed by atoms with E-state index in [9.17, 15) is 10.1 Å². The van der Waals surface area contributed by atoms with Gasteiger partial charge in [0.2, 0.25) is 0 Å². The minimum atomic E-state index is -0.396. The summed E-state index contributed by atoms with van der Waals surface area (Å²) in [4.78, 5) is 10.2. The summed E-state index contributed by atoms with van der Waals surface area (Å²) in [6, 6.07) is 4.78. The molecule has 1 unspecified atom stereocenters. The lowest BCUT2D eigenvalue weighted by atomic mass is 10.0. The first-order valence-corrected chi connectivity index (χ1v) is 6.95. The first-order chi connectivity index (χ1) is 8.58. The van der Waals surface area contributed by atoms with E-state index in [0.29, 0.717) is 5.92 Å². The van der Waals surface area contributed by atoms with Crippen molar-refractivity contribution in [3.8, 4) is 0 Å². The van der Waals surface area contributed by atoms with E-state index in [1.165, 1.54) is 6.07 Å². The van der Waals surface area contributed by atoms with Crippen molar-refractivity contribution in [3.05, 3.63) is 31.9 Å². The molecule has 1 atom stereocenters. The predicted molar refractivity (Wildman–Crippen MR) is 79.8 cm³/mol. The Morgan fingerprint density at radius 3 is 2.78 bits per heavy atom. The van der Waals surface area contributed by atoms with Crippen LogP contribution in [0.15, 0.2) is 18.2 Å². The highest BCUT2D eigenvalue weighted by atomic mass is 127. The van der Waals surface area contributed by atoms with Crippen LogP contribution in [0.1, 0.15) is 19.8 Å². The second-order valence-corrected chi connectivity index (χ2v) is 5.25. The van der Waals surface area contributed by atoms with Gasteiger partial charge in [-0.3, -0.25) is 10.1 Å². The molecule has 1 aromatic carbocycles. The van der Waals surface area contributed by atoms with E-state index in [2.05, 4.69) is 34.8 Å². The number of nitro groups is 1. The SMILES string of the molecule is CCC(CCO)CNc1ccc([N+](=O)[O-])cc1I. The van der Waals surface area contributed by atoms with Crippen LogP contribution in [0.5, 0.6) is 0 Å². The number of nitrogens with one attached hydrogen (secondary N) is 1. The Morgan fingerprint density at radius 1 is 1.56 bits per heavy atom. The average Bonchev–Trinajstić information content (AvgIpc) is 2.35. The third-order valence-electron chi connectivity index (χ3n) is 2.86. The molecule has 18 heavy (non-hydrogen) atoms. The van der Waals surface area contributed by atoms with Gasteiger partial charge in [0.15, 0.2) is 0 Å². The molecule has 0 heterocycles. The number of halogens is 1. The fourth-order valence-electron chi connectivity index (χ4n) is 1.65.